The van der Waals surface area contributed by atoms with Crippen molar-refractivity contribution in [3.8, 4) is 0 Å². The van der Waals surface area contributed by atoms with Crippen LogP contribution in [-0.4, -0.2) is 35.8 Å². The van der Waals surface area contributed by atoms with Crippen LogP contribution < -0.4 is 5.32 Å². The minimum Gasteiger partial charge on any atom is -0.312 e. The Morgan fingerprint density at radius 1 is 1.56 bits per heavy atom. The zero-order valence-electron chi connectivity index (χ0n) is 5.39. The van der Waals surface area contributed by atoms with Crippen LogP contribution in [0.15, 0.2) is 0 Å². The molecule has 0 amide bonds. The molecule has 0 saturated carbocycles. The third-order valence-corrected chi connectivity index (χ3v) is 4.95. The van der Waals surface area contributed by atoms with Crippen molar-refractivity contribution in [2.75, 3.05) is 26.7 Å². The smallest absolute Gasteiger partial charge is 0.146 e. The van der Waals surface area contributed by atoms with E-state index in [0.717, 1.165) is 13.1 Å². The van der Waals surface area contributed by atoms with Gasteiger partial charge >= 0.3 is 0 Å². The number of hydrogen-bond donors (Lipinski definition) is 1. The predicted octanol–water partition coefficient (Wildman–Crippen LogP) is 0.570. The zero-order chi connectivity index (χ0) is 6.32. The van der Waals surface area contributed by atoms with Gasteiger partial charge in [0.25, 0.3) is 0 Å². The molecule has 1 N–H and O–H groups in total. The van der Waals surface area contributed by atoms with Crippen LogP contribution in [0.3, 0.4) is 0 Å². The third kappa shape index (κ3) is 0.981. The highest BCUT2D eigenvalue weighted by molar-refractivity contribution is 8.93. The van der Waals surface area contributed by atoms with E-state index >= 15 is 0 Å². The Hall–Kier alpha value is 0.620. The van der Waals surface area contributed by atoms with Gasteiger partial charge in [0, 0.05) is 19.6 Å². The Balaban J connectivity index is 2.03. The van der Waals surface area contributed by atoms with Gasteiger partial charge in [0.15, 0.2) is 0 Å². The number of piperazine rings is 1. The summed E-state index contributed by atoms with van der Waals surface area (Å²) >= 11 is 0. The highest BCUT2D eigenvalue weighted by Gasteiger charge is 2.50. The molecule has 2 nitrogen and oxygen atoms in total. The summed E-state index contributed by atoms with van der Waals surface area (Å²) in [7, 11) is 6.16. The minimum absolute atomic E-state index is 0.443. The highest BCUT2D eigenvalue weighted by atomic mass is 33.2. The topological polar surface area (TPSA) is 15.3 Å². The monoisotopic (exact) mass is 162 g/mol. The lowest BCUT2D eigenvalue weighted by Gasteiger charge is -2.29. The van der Waals surface area contributed by atoms with E-state index in [1.807, 2.05) is 21.6 Å². The molecular weight excluding hydrogens is 152 g/mol. The van der Waals surface area contributed by atoms with Gasteiger partial charge in [-0.25, -0.2) is 0 Å². The summed E-state index contributed by atoms with van der Waals surface area (Å²) in [5.41, 5.74) is 0. The zero-order valence-corrected chi connectivity index (χ0v) is 7.02. The molecule has 1 spiro atoms. The van der Waals surface area contributed by atoms with E-state index in [0.29, 0.717) is 4.20 Å². The normalized spacial score (nSPS) is 33.0. The van der Waals surface area contributed by atoms with Crippen LogP contribution >= 0.6 is 21.6 Å². The number of hydrogen-bond acceptors (Lipinski definition) is 4. The van der Waals surface area contributed by atoms with Gasteiger partial charge < -0.3 is 5.32 Å². The Morgan fingerprint density at radius 3 is 2.78 bits per heavy atom. The Kier molecular flexibility index (Phi) is 1.44. The first-order valence-corrected chi connectivity index (χ1v) is 5.27. The van der Waals surface area contributed by atoms with Gasteiger partial charge in [-0.15, -0.1) is 0 Å². The van der Waals surface area contributed by atoms with Gasteiger partial charge in [-0.1, -0.05) is 21.6 Å². The lowest BCUT2D eigenvalue weighted by molar-refractivity contribution is 0.251. The SMILES string of the molecule is CN1CCNCC12SS2. The standard InChI is InChI=1S/C5H10N2S2/c1-7-3-2-6-4-5(7)8-9-5/h6H,2-4H2,1H3. The number of nitrogens with one attached hydrogen (secondary N) is 1. The van der Waals surface area contributed by atoms with Crippen LogP contribution in [0.25, 0.3) is 0 Å². The van der Waals surface area contributed by atoms with Crippen molar-refractivity contribution in [1.82, 2.24) is 10.2 Å². The van der Waals surface area contributed by atoms with Crippen molar-refractivity contribution < 1.29 is 0 Å². The van der Waals surface area contributed by atoms with Crippen molar-refractivity contribution in [1.29, 1.82) is 0 Å². The van der Waals surface area contributed by atoms with Gasteiger partial charge in [0.1, 0.15) is 4.20 Å². The van der Waals surface area contributed by atoms with Gasteiger partial charge in [-0.05, 0) is 7.05 Å². The molecule has 4 heteroatoms. The maximum absolute atomic E-state index is 3.38. The molecule has 0 aromatic carbocycles. The summed E-state index contributed by atoms with van der Waals surface area (Å²) in [5, 5.41) is 3.38. The van der Waals surface area contributed by atoms with E-state index in [9.17, 15) is 0 Å². The maximum atomic E-state index is 3.38. The van der Waals surface area contributed by atoms with Crippen molar-refractivity contribution in [3.63, 3.8) is 0 Å². The summed E-state index contributed by atoms with van der Waals surface area (Å²) in [6.07, 6.45) is 0. The van der Waals surface area contributed by atoms with Crippen LogP contribution in [0.2, 0.25) is 0 Å². The minimum atomic E-state index is 0.443. The fourth-order valence-electron chi connectivity index (χ4n) is 1.03. The van der Waals surface area contributed by atoms with Crippen LogP contribution in [0, 0.1) is 0 Å². The molecule has 0 aliphatic carbocycles. The average molecular weight is 162 g/mol. The van der Waals surface area contributed by atoms with Gasteiger partial charge in [-0.2, -0.15) is 0 Å². The maximum Gasteiger partial charge on any atom is 0.146 e. The average Bonchev–Trinajstić information content (AvgIpc) is 2.60. The van der Waals surface area contributed by atoms with E-state index in [2.05, 4.69) is 17.3 Å². The van der Waals surface area contributed by atoms with Crippen molar-refractivity contribution in [2.45, 2.75) is 4.20 Å². The van der Waals surface area contributed by atoms with Crippen LogP contribution in [0.4, 0.5) is 0 Å². The van der Waals surface area contributed by atoms with Crippen LogP contribution in [0.5, 0.6) is 0 Å². The lowest BCUT2D eigenvalue weighted by atomic mass is 10.4. The first-order valence-electron chi connectivity index (χ1n) is 3.12. The second-order valence-corrected chi connectivity index (χ2v) is 5.42. The predicted molar refractivity (Wildman–Crippen MR) is 43.4 cm³/mol. The Bertz CT molecular complexity index is 124. The molecule has 52 valence electrons. The van der Waals surface area contributed by atoms with E-state index < -0.39 is 0 Å². The van der Waals surface area contributed by atoms with Gasteiger partial charge in [0.05, 0.1) is 0 Å². The molecule has 0 aromatic heterocycles. The Morgan fingerprint density at radius 2 is 2.33 bits per heavy atom. The molecule has 0 bridgehead atoms. The van der Waals surface area contributed by atoms with E-state index in [4.69, 9.17) is 0 Å². The molecular formula is C5H10N2S2. The number of rotatable bonds is 0. The van der Waals surface area contributed by atoms with Gasteiger partial charge in [-0.3, -0.25) is 4.90 Å². The second kappa shape index (κ2) is 2.05. The molecule has 0 atom stereocenters. The quantitative estimate of drug-likeness (QED) is 0.413. The van der Waals surface area contributed by atoms with E-state index in [1.54, 1.807) is 0 Å². The van der Waals surface area contributed by atoms with E-state index in [1.165, 1.54) is 6.54 Å². The van der Waals surface area contributed by atoms with Crippen molar-refractivity contribution >= 4 is 21.6 Å². The van der Waals surface area contributed by atoms with Crippen LogP contribution in [-0.2, 0) is 0 Å². The van der Waals surface area contributed by atoms with Crippen LogP contribution in [0.1, 0.15) is 0 Å². The molecule has 2 fully saturated rings. The summed E-state index contributed by atoms with van der Waals surface area (Å²) < 4.78 is 0.443. The van der Waals surface area contributed by atoms with Crippen molar-refractivity contribution in [3.05, 3.63) is 0 Å². The molecule has 2 aliphatic rings. The summed E-state index contributed by atoms with van der Waals surface area (Å²) in [4.78, 5) is 2.43. The Labute approximate surface area is 63.1 Å². The lowest BCUT2D eigenvalue weighted by Crippen LogP contribution is -2.49. The molecule has 2 rings (SSSR count). The molecule has 2 saturated heterocycles. The fourth-order valence-corrected chi connectivity index (χ4v) is 3.29. The summed E-state index contributed by atoms with van der Waals surface area (Å²) in [5.74, 6) is 0. The number of likely N-dealkylation sites (N-methyl/N-ethyl adjacent to an activating group) is 1. The molecule has 0 aromatic rings. The van der Waals surface area contributed by atoms with Gasteiger partial charge in [0.2, 0.25) is 0 Å². The number of nitrogens with zero attached hydrogens (tertiary/aromatic N) is 1. The van der Waals surface area contributed by atoms with Crippen molar-refractivity contribution in [2.24, 2.45) is 0 Å². The molecule has 2 aliphatic heterocycles. The first-order chi connectivity index (χ1) is 4.33. The molecule has 2 heterocycles. The highest BCUT2D eigenvalue weighted by Crippen LogP contribution is 2.65. The fraction of sp³-hybridized carbons (Fsp3) is 1.00. The summed E-state index contributed by atoms with van der Waals surface area (Å²) in [6.45, 7) is 3.50. The summed E-state index contributed by atoms with van der Waals surface area (Å²) in [6, 6.07) is 0. The molecule has 0 radical (unpaired) electrons. The molecule has 0 unspecified atom stereocenters. The van der Waals surface area contributed by atoms with E-state index in [-0.39, 0.29) is 0 Å². The molecule has 9 heavy (non-hydrogen) atoms. The largest absolute Gasteiger partial charge is 0.312 e. The second-order valence-electron chi connectivity index (χ2n) is 2.48. The first kappa shape index (κ1) is 6.34. The third-order valence-electron chi connectivity index (χ3n) is 1.83.